The first-order chi connectivity index (χ1) is 18.3. The predicted octanol–water partition coefficient (Wildman–Crippen LogP) is 2.74. The number of hydrogen-bond donors (Lipinski definition) is 0. The standard InChI is InChI=1S/C28H36N4O5S/c1-21(33)32-13-3-4-23-20-26(9-10-27(23)32)38(35,36)31-14-11-22(12-15-31)28(34)30-18-16-29(17-19-30)24-5-7-25(37-2)8-6-24/h5-10,20,22H,3-4,11-19H2,1-2H3. The predicted molar refractivity (Wildman–Crippen MR) is 146 cm³/mol. The summed E-state index contributed by atoms with van der Waals surface area (Å²) >= 11 is 0. The largest absolute Gasteiger partial charge is 0.497 e. The van der Waals surface area contributed by atoms with E-state index in [0.29, 0.717) is 45.6 Å². The Morgan fingerprint density at radius 3 is 2.21 bits per heavy atom. The molecule has 3 aliphatic heterocycles. The molecule has 9 nitrogen and oxygen atoms in total. The van der Waals surface area contributed by atoms with Crippen molar-refractivity contribution in [1.29, 1.82) is 0 Å². The molecule has 3 aliphatic rings. The normalized spacial score (nSPS) is 19.3. The van der Waals surface area contributed by atoms with Crippen molar-refractivity contribution in [2.45, 2.75) is 37.5 Å². The van der Waals surface area contributed by atoms with E-state index in [4.69, 9.17) is 4.74 Å². The van der Waals surface area contributed by atoms with E-state index in [2.05, 4.69) is 4.90 Å². The van der Waals surface area contributed by atoms with Crippen LogP contribution < -0.4 is 14.5 Å². The Morgan fingerprint density at radius 1 is 0.895 bits per heavy atom. The number of fused-ring (bicyclic) bond motifs is 1. The van der Waals surface area contributed by atoms with Gasteiger partial charge in [-0.25, -0.2) is 8.42 Å². The highest BCUT2D eigenvalue weighted by atomic mass is 32.2. The van der Waals surface area contributed by atoms with Crippen molar-refractivity contribution in [3.8, 4) is 5.75 Å². The van der Waals surface area contributed by atoms with Crippen molar-refractivity contribution in [2.75, 3.05) is 62.7 Å². The molecule has 0 spiro atoms. The SMILES string of the molecule is COc1ccc(N2CCN(C(=O)C3CCN(S(=O)(=O)c4ccc5c(c4)CCCN5C(C)=O)CC3)CC2)cc1. The van der Waals surface area contributed by atoms with Gasteiger partial charge in [0.2, 0.25) is 21.8 Å². The minimum atomic E-state index is -3.66. The highest BCUT2D eigenvalue weighted by Crippen LogP contribution is 2.32. The zero-order valence-corrected chi connectivity index (χ0v) is 23.0. The number of aryl methyl sites for hydroxylation is 1. The van der Waals surface area contributed by atoms with Crippen LogP contribution in [0.25, 0.3) is 0 Å². The number of hydrogen-bond acceptors (Lipinski definition) is 6. The van der Waals surface area contributed by atoms with Gasteiger partial charge in [-0.1, -0.05) is 0 Å². The lowest BCUT2D eigenvalue weighted by Crippen LogP contribution is -2.52. The number of piperazine rings is 1. The van der Waals surface area contributed by atoms with E-state index in [-0.39, 0.29) is 22.6 Å². The molecule has 0 aromatic heterocycles. The van der Waals surface area contributed by atoms with Crippen LogP contribution in [0.4, 0.5) is 11.4 Å². The average molecular weight is 541 g/mol. The first-order valence-electron chi connectivity index (χ1n) is 13.4. The fourth-order valence-corrected chi connectivity index (χ4v) is 7.31. The van der Waals surface area contributed by atoms with Crippen LogP contribution in [-0.4, -0.2) is 82.4 Å². The van der Waals surface area contributed by atoms with Gasteiger partial charge in [-0.05, 0) is 73.7 Å². The number of methoxy groups -OCH3 is 1. The van der Waals surface area contributed by atoms with Gasteiger partial charge in [0.1, 0.15) is 5.75 Å². The Morgan fingerprint density at radius 2 is 1.58 bits per heavy atom. The Kier molecular flexibility index (Phi) is 7.63. The fraction of sp³-hybridized carbons (Fsp3) is 0.500. The van der Waals surface area contributed by atoms with Gasteiger partial charge in [-0.15, -0.1) is 0 Å². The van der Waals surface area contributed by atoms with Gasteiger partial charge >= 0.3 is 0 Å². The monoisotopic (exact) mass is 540 g/mol. The molecule has 0 aliphatic carbocycles. The Hall–Kier alpha value is -3.11. The van der Waals surface area contributed by atoms with Crippen molar-refractivity contribution >= 4 is 33.2 Å². The van der Waals surface area contributed by atoms with Crippen LogP contribution in [0.5, 0.6) is 5.75 Å². The second-order valence-corrected chi connectivity index (χ2v) is 12.2. The van der Waals surface area contributed by atoms with Crippen molar-refractivity contribution in [2.24, 2.45) is 5.92 Å². The van der Waals surface area contributed by atoms with E-state index in [1.54, 1.807) is 30.2 Å². The summed E-state index contributed by atoms with van der Waals surface area (Å²) < 4.78 is 33.6. The van der Waals surface area contributed by atoms with Crippen LogP contribution in [0.2, 0.25) is 0 Å². The molecule has 0 unspecified atom stereocenters. The summed E-state index contributed by atoms with van der Waals surface area (Å²) in [5, 5.41) is 0. The van der Waals surface area contributed by atoms with Crippen LogP contribution >= 0.6 is 0 Å². The van der Waals surface area contributed by atoms with Gasteiger partial charge in [-0.3, -0.25) is 9.59 Å². The fourth-order valence-electron chi connectivity index (χ4n) is 5.79. The van der Waals surface area contributed by atoms with Gasteiger partial charge in [-0.2, -0.15) is 4.31 Å². The lowest BCUT2D eigenvalue weighted by atomic mass is 9.96. The quantitative estimate of drug-likeness (QED) is 0.580. The summed E-state index contributed by atoms with van der Waals surface area (Å²) in [4.78, 5) is 31.4. The molecular formula is C28H36N4O5S. The molecule has 2 fully saturated rings. The summed E-state index contributed by atoms with van der Waals surface area (Å²) in [6, 6.07) is 13.0. The number of anilines is 2. The van der Waals surface area contributed by atoms with Crippen LogP contribution in [0.1, 0.15) is 31.7 Å². The molecule has 2 saturated heterocycles. The van der Waals surface area contributed by atoms with Crippen LogP contribution in [-0.2, 0) is 26.0 Å². The highest BCUT2D eigenvalue weighted by Gasteiger charge is 2.35. The number of sulfonamides is 1. The second kappa shape index (κ2) is 10.9. The zero-order valence-electron chi connectivity index (χ0n) is 22.1. The molecule has 0 bridgehead atoms. The molecule has 0 radical (unpaired) electrons. The molecule has 2 aromatic carbocycles. The second-order valence-electron chi connectivity index (χ2n) is 10.3. The number of carbonyl (C=O) groups excluding carboxylic acids is 2. The van der Waals surface area contributed by atoms with Gasteiger partial charge in [0, 0.05) is 70.0 Å². The van der Waals surface area contributed by atoms with Gasteiger partial charge in [0.05, 0.1) is 12.0 Å². The van der Waals surface area contributed by atoms with Crippen molar-refractivity contribution < 1.29 is 22.7 Å². The molecular weight excluding hydrogens is 504 g/mol. The first kappa shape index (κ1) is 26.5. The molecule has 3 heterocycles. The number of benzene rings is 2. The molecule has 5 rings (SSSR count). The smallest absolute Gasteiger partial charge is 0.243 e. The summed E-state index contributed by atoms with van der Waals surface area (Å²) in [7, 11) is -2.01. The first-order valence-corrected chi connectivity index (χ1v) is 14.8. The molecule has 204 valence electrons. The number of piperidine rings is 1. The third kappa shape index (κ3) is 5.24. The third-order valence-corrected chi connectivity index (χ3v) is 9.91. The Balaban J connectivity index is 1.16. The van der Waals surface area contributed by atoms with Crippen molar-refractivity contribution in [3.05, 3.63) is 48.0 Å². The number of nitrogens with zero attached hydrogens (tertiary/aromatic N) is 4. The average Bonchev–Trinajstić information content (AvgIpc) is 2.96. The minimum absolute atomic E-state index is 0.0320. The van der Waals surface area contributed by atoms with E-state index in [9.17, 15) is 18.0 Å². The minimum Gasteiger partial charge on any atom is -0.497 e. The number of amides is 2. The summed E-state index contributed by atoms with van der Waals surface area (Å²) in [5.74, 6) is 0.772. The highest BCUT2D eigenvalue weighted by molar-refractivity contribution is 7.89. The van der Waals surface area contributed by atoms with Crippen molar-refractivity contribution in [3.63, 3.8) is 0 Å². The van der Waals surface area contributed by atoms with Gasteiger partial charge in [0.15, 0.2) is 0 Å². The van der Waals surface area contributed by atoms with Gasteiger partial charge in [0.25, 0.3) is 0 Å². The molecule has 0 atom stereocenters. The van der Waals surface area contributed by atoms with Crippen molar-refractivity contribution in [1.82, 2.24) is 9.21 Å². The van der Waals surface area contributed by atoms with E-state index >= 15 is 0 Å². The molecule has 10 heteroatoms. The lowest BCUT2D eigenvalue weighted by molar-refractivity contribution is -0.137. The Bertz CT molecular complexity index is 1280. The zero-order chi connectivity index (χ0) is 26.9. The van der Waals surface area contributed by atoms with Crippen LogP contribution in [0.3, 0.4) is 0 Å². The topological polar surface area (TPSA) is 90.5 Å². The summed E-state index contributed by atoms with van der Waals surface area (Å²) in [6.45, 7) is 5.72. The molecule has 2 aromatic rings. The molecule has 0 saturated carbocycles. The summed E-state index contributed by atoms with van der Waals surface area (Å²) in [5.41, 5.74) is 2.82. The van der Waals surface area contributed by atoms with Gasteiger partial charge < -0.3 is 19.4 Å². The maximum absolute atomic E-state index is 13.4. The van der Waals surface area contributed by atoms with E-state index in [1.165, 1.54) is 11.2 Å². The Labute approximate surface area is 225 Å². The maximum Gasteiger partial charge on any atom is 0.243 e. The number of carbonyl (C=O) groups is 2. The van der Waals surface area contributed by atoms with E-state index in [0.717, 1.165) is 48.6 Å². The van der Waals surface area contributed by atoms with Crippen LogP contribution in [0, 0.1) is 5.92 Å². The maximum atomic E-state index is 13.4. The van der Waals surface area contributed by atoms with E-state index in [1.807, 2.05) is 29.2 Å². The molecule has 2 amide bonds. The lowest BCUT2D eigenvalue weighted by Gasteiger charge is -2.39. The number of rotatable bonds is 5. The third-order valence-electron chi connectivity index (χ3n) is 8.02. The summed E-state index contributed by atoms with van der Waals surface area (Å²) in [6.07, 6.45) is 2.63. The molecule has 38 heavy (non-hydrogen) atoms. The number of ether oxygens (including phenoxy) is 1. The molecule has 0 N–H and O–H groups in total. The van der Waals surface area contributed by atoms with Crippen LogP contribution in [0.15, 0.2) is 47.4 Å². The van der Waals surface area contributed by atoms with E-state index < -0.39 is 10.0 Å².